The summed E-state index contributed by atoms with van der Waals surface area (Å²) < 4.78 is 33.0. The third-order valence-electron chi connectivity index (χ3n) is 3.04. The normalized spacial score (nSPS) is 15.8. The van der Waals surface area contributed by atoms with Crippen molar-refractivity contribution in [1.82, 2.24) is 5.01 Å². The number of furan rings is 1. The number of nitrogens with zero attached hydrogens (tertiary/aromatic N) is 3. The largest absolute Gasteiger partial charge is 0.463 e. The van der Waals surface area contributed by atoms with Crippen molar-refractivity contribution < 1.29 is 17.9 Å². The molecule has 1 aliphatic heterocycles. The topological polar surface area (TPSA) is 95.5 Å². The lowest BCUT2D eigenvalue weighted by Crippen LogP contribution is -2.28. The van der Waals surface area contributed by atoms with E-state index in [0.717, 1.165) is 0 Å². The lowest BCUT2D eigenvalue weighted by Gasteiger charge is -2.17. The molecule has 0 fully saturated rings. The first-order valence-corrected chi connectivity index (χ1v) is 7.96. The van der Waals surface area contributed by atoms with Crippen LogP contribution in [0.1, 0.15) is 11.3 Å². The van der Waals surface area contributed by atoms with E-state index in [0.29, 0.717) is 11.3 Å². The lowest BCUT2D eigenvalue weighted by atomic mass is 10.2. The standard InChI is InChI=1S/C14H13N3O4S/c18-8-7-17(15-10-11-4-3-9-21-11)14-12-5-1-2-6-13(12)22(19,20)16-14/h1-6,9-10,18H,7-8H2/b15-10-. The van der Waals surface area contributed by atoms with Gasteiger partial charge in [0, 0.05) is 5.56 Å². The minimum absolute atomic E-state index is 0.111. The van der Waals surface area contributed by atoms with Crippen LogP contribution in [0.25, 0.3) is 0 Å². The Morgan fingerprint density at radius 1 is 1.27 bits per heavy atom. The molecular weight excluding hydrogens is 306 g/mol. The summed E-state index contributed by atoms with van der Waals surface area (Å²) in [5.74, 6) is 0.699. The van der Waals surface area contributed by atoms with Crippen LogP contribution >= 0.6 is 0 Å². The van der Waals surface area contributed by atoms with Crippen LogP contribution in [0.2, 0.25) is 0 Å². The van der Waals surface area contributed by atoms with E-state index in [1.807, 2.05) is 0 Å². The molecule has 114 valence electrons. The van der Waals surface area contributed by atoms with Crippen LogP contribution < -0.4 is 0 Å². The molecule has 3 rings (SSSR count). The Bertz CT molecular complexity index is 826. The predicted molar refractivity (Wildman–Crippen MR) is 80.3 cm³/mol. The van der Waals surface area contributed by atoms with Crippen molar-refractivity contribution in [3.8, 4) is 0 Å². The number of hydrogen-bond donors (Lipinski definition) is 1. The Hall–Kier alpha value is -2.45. The van der Waals surface area contributed by atoms with Crippen molar-refractivity contribution in [2.75, 3.05) is 13.2 Å². The molecule has 0 radical (unpaired) electrons. The maximum atomic E-state index is 12.1. The van der Waals surface area contributed by atoms with Gasteiger partial charge in [-0.25, -0.2) is 5.01 Å². The summed E-state index contributed by atoms with van der Waals surface area (Å²) in [5, 5.41) is 14.7. The van der Waals surface area contributed by atoms with E-state index in [1.54, 1.807) is 30.3 Å². The number of aliphatic hydroxyl groups excluding tert-OH is 1. The number of hydrazone groups is 1. The van der Waals surface area contributed by atoms with Crippen LogP contribution in [0.5, 0.6) is 0 Å². The summed E-state index contributed by atoms with van der Waals surface area (Å²) in [7, 11) is -3.72. The van der Waals surface area contributed by atoms with Crippen molar-refractivity contribution in [3.63, 3.8) is 0 Å². The maximum absolute atomic E-state index is 12.1. The van der Waals surface area contributed by atoms with E-state index < -0.39 is 10.0 Å². The van der Waals surface area contributed by atoms with Crippen molar-refractivity contribution >= 4 is 22.1 Å². The zero-order valence-corrected chi connectivity index (χ0v) is 12.3. The van der Waals surface area contributed by atoms with E-state index in [9.17, 15) is 13.5 Å². The number of aliphatic hydroxyl groups is 1. The minimum atomic E-state index is -3.72. The Labute approximate surface area is 127 Å². The van der Waals surface area contributed by atoms with E-state index in [4.69, 9.17) is 4.42 Å². The zero-order chi connectivity index (χ0) is 15.6. The minimum Gasteiger partial charge on any atom is -0.463 e. The Morgan fingerprint density at radius 3 is 2.82 bits per heavy atom. The van der Waals surface area contributed by atoms with E-state index in [2.05, 4.69) is 9.50 Å². The van der Waals surface area contributed by atoms with E-state index in [1.165, 1.54) is 23.6 Å². The van der Waals surface area contributed by atoms with Gasteiger partial charge in [0.15, 0.2) is 5.84 Å². The highest BCUT2D eigenvalue weighted by Gasteiger charge is 2.31. The number of benzene rings is 1. The smallest absolute Gasteiger partial charge is 0.285 e. The maximum Gasteiger partial charge on any atom is 0.285 e. The summed E-state index contributed by atoms with van der Waals surface area (Å²) in [6.45, 7) is -0.0867. The second-order valence-electron chi connectivity index (χ2n) is 4.49. The molecule has 1 aliphatic rings. The van der Waals surface area contributed by atoms with Crippen LogP contribution in [0.15, 0.2) is 61.5 Å². The van der Waals surface area contributed by atoms with Gasteiger partial charge >= 0.3 is 0 Å². The molecule has 1 aromatic heterocycles. The Kier molecular flexibility index (Phi) is 3.78. The molecule has 0 aliphatic carbocycles. The number of rotatable bonds is 4. The van der Waals surface area contributed by atoms with Gasteiger partial charge in [-0.3, -0.25) is 0 Å². The Morgan fingerprint density at radius 2 is 2.09 bits per heavy atom. The number of amidine groups is 1. The van der Waals surface area contributed by atoms with Crippen LogP contribution in [0, 0.1) is 0 Å². The fraction of sp³-hybridized carbons (Fsp3) is 0.143. The first-order valence-electron chi connectivity index (χ1n) is 6.52. The molecular formula is C14H13N3O4S. The van der Waals surface area contributed by atoms with Gasteiger partial charge in [0.25, 0.3) is 10.0 Å². The summed E-state index contributed by atoms with van der Waals surface area (Å²) in [5.41, 5.74) is 0.465. The predicted octanol–water partition coefficient (Wildman–Crippen LogP) is 1.06. The molecule has 2 aromatic rings. The number of hydrogen-bond acceptors (Lipinski definition) is 6. The highest BCUT2D eigenvalue weighted by molar-refractivity contribution is 7.90. The van der Waals surface area contributed by atoms with Gasteiger partial charge in [0.05, 0.1) is 25.6 Å². The second-order valence-corrected chi connectivity index (χ2v) is 6.07. The van der Waals surface area contributed by atoms with Crippen LogP contribution in [0.4, 0.5) is 0 Å². The average Bonchev–Trinajstić information content (AvgIpc) is 3.11. The molecule has 8 heteroatoms. The molecule has 0 atom stereocenters. The first kappa shape index (κ1) is 14.5. The van der Waals surface area contributed by atoms with Crippen LogP contribution in [0.3, 0.4) is 0 Å². The van der Waals surface area contributed by atoms with Gasteiger partial charge in [-0.05, 0) is 24.3 Å². The fourth-order valence-corrected chi connectivity index (χ4v) is 3.29. The summed E-state index contributed by atoms with van der Waals surface area (Å²) in [4.78, 5) is 0.140. The van der Waals surface area contributed by atoms with Gasteiger partial charge in [-0.15, -0.1) is 4.40 Å². The average molecular weight is 319 g/mol. The second kappa shape index (κ2) is 5.74. The highest BCUT2D eigenvalue weighted by atomic mass is 32.2. The van der Waals surface area contributed by atoms with E-state index in [-0.39, 0.29) is 23.9 Å². The Balaban J connectivity index is 1.99. The molecule has 0 bridgehead atoms. The summed E-state index contributed by atoms with van der Waals surface area (Å²) in [6.07, 6.45) is 2.94. The van der Waals surface area contributed by atoms with Gasteiger partial charge in [0.2, 0.25) is 0 Å². The van der Waals surface area contributed by atoms with Crippen molar-refractivity contribution in [3.05, 3.63) is 54.0 Å². The molecule has 7 nitrogen and oxygen atoms in total. The number of sulfonamides is 1. The van der Waals surface area contributed by atoms with Crippen LogP contribution in [-0.4, -0.2) is 43.7 Å². The number of fused-ring (bicyclic) bond motifs is 1. The van der Waals surface area contributed by atoms with Crippen LogP contribution in [-0.2, 0) is 10.0 Å². The third-order valence-corrected chi connectivity index (χ3v) is 4.36. The molecule has 2 heterocycles. The molecule has 0 unspecified atom stereocenters. The first-order chi connectivity index (χ1) is 10.6. The van der Waals surface area contributed by atoms with Gasteiger partial charge in [-0.2, -0.15) is 13.5 Å². The van der Waals surface area contributed by atoms with Crippen molar-refractivity contribution in [2.45, 2.75) is 4.90 Å². The molecule has 0 spiro atoms. The lowest BCUT2D eigenvalue weighted by molar-refractivity contribution is 0.253. The summed E-state index contributed by atoms with van der Waals surface area (Å²) in [6, 6.07) is 9.94. The zero-order valence-electron chi connectivity index (χ0n) is 11.5. The highest BCUT2D eigenvalue weighted by Crippen LogP contribution is 2.27. The van der Waals surface area contributed by atoms with Gasteiger partial charge < -0.3 is 9.52 Å². The fourth-order valence-electron chi connectivity index (χ4n) is 2.08. The molecule has 22 heavy (non-hydrogen) atoms. The molecule has 0 saturated heterocycles. The molecule has 1 aromatic carbocycles. The molecule has 1 N–H and O–H groups in total. The van der Waals surface area contributed by atoms with Crippen molar-refractivity contribution in [2.24, 2.45) is 9.50 Å². The third kappa shape index (κ3) is 2.66. The van der Waals surface area contributed by atoms with Gasteiger partial charge in [-0.1, -0.05) is 12.1 Å². The molecule has 0 saturated carbocycles. The van der Waals surface area contributed by atoms with Gasteiger partial charge in [0.1, 0.15) is 10.7 Å². The molecule has 0 amide bonds. The van der Waals surface area contributed by atoms with E-state index >= 15 is 0 Å². The SMILES string of the molecule is O=S1(=O)N=C(N(CCO)/N=C\c2ccco2)c2ccccc21. The monoisotopic (exact) mass is 319 g/mol. The van der Waals surface area contributed by atoms with Crippen molar-refractivity contribution in [1.29, 1.82) is 0 Å². The summed E-state index contributed by atoms with van der Waals surface area (Å²) >= 11 is 0. The quantitative estimate of drug-likeness (QED) is 0.671.